The van der Waals surface area contributed by atoms with Gasteiger partial charge in [0.15, 0.2) is 0 Å². The van der Waals surface area contributed by atoms with E-state index in [9.17, 15) is 4.79 Å². The van der Waals surface area contributed by atoms with E-state index in [0.29, 0.717) is 12.6 Å². The largest absolute Gasteiger partial charge is 0.464 e. The quantitative estimate of drug-likeness (QED) is 0.608. The standard InChI is InChI=1S/C10H18N2O2/c1-7-8(11)3-2-5-12(7)9-4-6-14-10(9)13/h7-9H,2-6,11H2,1H3. The number of ether oxygens (including phenoxy) is 1. The Bertz CT molecular complexity index is 232. The van der Waals surface area contributed by atoms with Crippen molar-refractivity contribution in [1.82, 2.24) is 4.90 Å². The molecule has 3 unspecified atom stereocenters. The van der Waals surface area contributed by atoms with Crippen molar-refractivity contribution < 1.29 is 9.53 Å². The van der Waals surface area contributed by atoms with Crippen LogP contribution in [0.5, 0.6) is 0 Å². The zero-order chi connectivity index (χ0) is 10.1. The number of cyclic esters (lactones) is 1. The number of nitrogens with zero attached hydrogens (tertiary/aromatic N) is 1. The molecule has 4 heteroatoms. The number of rotatable bonds is 1. The number of carbonyl (C=O) groups excluding carboxylic acids is 1. The maximum absolute atomic E-state index is 11.4. The van der Waals surface area contributed by atoms with Gasteiger partial charge in [0.05, 0.1) is 6.61 Å². The molecular weight excluding hydrogens is 180 g/mol. The molecule has 2 rings (SSSR count). The predicted octanol–water partition coefficient (Wildman–Crippen LogP) is 0.113. The summed E-state index contributed by atoms with van der Waals surface area (Å²) in [5.41, 5.74) is 5.99. The highest BCUT2D eigenvalue weighted by Gasteiger charge is 2.37. The van der Waals surface area contributed by atoms with Crippen LogP contribution in [-0.4, -0.2) is 42.1 Å². The summed E-state index contributed by atoms with van der Waals surface area (Å²) in [6, 6.07) is 0.480. The van der Waals surface area contributed by atoms with Crippen LogP contribution >= 0.6 is 0 Å². The van der Waals surface area contributed by atoms with Gasteiger partial charge < -0.3 is 10.5 Å². The number of carbonyl (C=O) groups is 1. The lowest BCUT2D eigenvalue weighted by Crippen LogP contribution is -2.55. The van der Waals surface area contributed by atoms with Gasteiger partial charge in [0.25, 0.3) is 0 Å². The minimum Gasteiger partial charge on any atom is -0.464 e. The van der Waals surface area contributed by atoms with E-state index in [1.54, 1.807) is 0 Å². The van der Waals surface area contributed by atoms with Gasteiger partial charge >= 0.3 is 5.97 Å². The van der Waals surface area contributed by atoms with Gasteiger partial charge in [0, 0.05) is 18.5 Å². The first-order valence-electron chi connectivity index (χ1n) is 5.38. The number of hydrogen-bond acceptors (Lipinski definition) is 4. The molecule has 0 spiro atoms. The SMILES string of the molecule is CC1C(N)CCCN1C1CCOC1=O. The normalized spacial score (nSPS) is 39.9. The topological polar surface area (TPSA) is 55.6 Å². The highest BCUT2D eigenvalue weighted by molar-refractivity contribution is 5.77. The number of piperidine rings is 1. The molecule has 0 aromatic rings. The van der Waals surface area contributed by atoms with E-state index in [1.165, 1.54) is 0 Å². The summed E-state index contributed by atoms with van der Waals surface area (Å²) >= 11 is 0. The van der Waals surface area contributed by atoms with E-state index >= 15 is 0 Å². The van der Waals surface area contributed by atoms with Gasteiger partial charge in [-0.05, 0) is 26.3 Å². The Morgan fingerprint density at radius 3 is 2.93 bits per heavy atom. The molecule has 0 bridgehead atoms. The van der Waals surface area contributed by atoms with Crippen molar-refractivity contribution in [1.29, 1.82) is 0 Å². The summed E-state index contributed by atoms with van der Waals surface area (Å²) in [7, 11) is 0. The molecule has 3 atom stereocenters. The number of hydrogen-bond donors (Lipinski definition) is 1. The third-order valence-electron chi connectivity index (χ3n) is 3.40. The van der Waals surface area contributed by atoms with Crippen molar-refractivity contribution in [3.8, 4) is 0 Å². The molecule has 0 amide bonds. The van der Waals surface area contributed by atoms with Crippen LogP contribution in [0.2, 0.25) is 0 Å². The van der Waals surface area contributed by atoms with Crippen LogP contribution in [0, 0.1) is 0 Å². The summed E-state index contributed by atoms with van der Waals surface area (Å²) in [6.45, 7) is 3.66. The van der Waals surface area contributed by atoms with Crippen molar-refractivity contribution in [3.63, 3.8) is 0 Å². The fourth-order valence-corrected chi connectivity index (χ4v) is 2.43. The molecule has 2 aliphatic heterocycles. The highest BCUT2D eigenvalue weighted by Crippen LogP contribution is 2.23. The summed E-state index contributed by atoms with van der Waals surface area (Å²) in [6.07, 6.45) is 2.99. The van der Waals surface area contributed by atoms with E-state index in [-0.39, 0.29) is 18.1 Å². The molecule has 0 aliphatic carbocycles. The number of nitrogens with two attached hydrogens (primary N) is 1. The summed E-state index contributed by atoms with van der Waals surface area (Å²) < 4.78 is 4.98. The molecule has 0 saturated carbocycles. The maximum atomic E-state index is 11.4. The Balaban J connectivity index is 2.05. The first-order valence-corrected chi connectivity index (χ1v) is 5.38. The van der Waals surface area contributed by atoms with Crippen molar-refractivity contribution in [3.05, 3.63) is 0 Å². The molecule has 2 N–H and O–H groups in total. The van der Waals surface area contributed by atoms with Crippen LogP contribution in [-0.2, 0) is 9.53 Å². The molecule has 2 fully saturated rings. The van der Waals surface area contributed by atoms with Crippen LogP contribution in [0.15, 0.2) is 0 Å². The van der Waals surface area contributed by atoms with E-state index in [0.717, 1.165) is 25.8 Å². The Morgan fingerprint density at radius 1 is 1.50 bits per heavy atom. The summed E-state index contributed by atoms with van der Waals surface area (Å²) in [4.78, 5) is 13.6. The lowest BCUT2D eigenvalue weighted by molar-refractivity contribution is -0.143. The molecule has 2 aliphatic rings. The average molecular weight is 198 g/mol. The van der Waals surface area contributed by atoms with Gasteiger partial charge in [-0.2, -0.15) is 0 Å². The zero-order valence-corrected chi connectivity index (χ0v) is 8.61. The predicted molar refractivity (Wildman–Crippen MR) is 52.7 cm³/mol. The zero-order valence-electron chi connectivity index (χ0n) is 8.61. The first-order chi connectivity index (χ1) is 6.70. The van der Waals surface area contributed by atoms with E-state index in [1.807, 2.05) is 0 Å². The van der Waals surface area contributed by atoms with Crippen LogP contribution in [0.1, 0.15) is 26.2 Å². The minimum absolute atomic E-state index is 0.0312. The first kappa shape index (κ1) is 9.93. The van der Waals surface area contributed by atoms with Gasteiger partial charge in [-0.15, -0.1) is 0 Å². The highest BCUT2D eigenvalue weighted by atomic mass is 16.5. The molecule has 2 heterocycles. The molecule has 14 heavy (non-hydrogen) atoms. The van der Waals surface area contributed by atoms with Crippen LogP contribution in [0.4, 0.5) is 0 Å². The smallest absolute Gasteiger partial charge is 0.323 e. The third kappa shape index (κ3) is 1.64. The molecule has 4 nitrogen and oxygen atoms in total. The Kier molecular flexibility index (Phi) is 2.74. The second-order valence-electron chi connectivity index (χ2n) is 4.26. The molecule has 2 saturated heterocycles. The van der Waals surface area contributed by atoms with Crippen molar-refractivity contribution >= 4 is 5.97 Å². The van der Waals surface area contributed by atoms with Crippen LogP contribution < -0.4 is 5.73 Å². The van der Waals surface area contributed by atoms with Gasteiger partial charge in [-0.3, -0.25) is 9.69 Å². The Labute approximate surface area is 84.4 Å². The lowest BCUT2D eigenvalue weighted by atomic mass is 9.96. The van der Waals surface area contributed by atoms with E-state index in [4.69, 9.17) is 10.5 Å². The van der Waals surface area contributed by atoms with Gasteiger partial charge in [0.1, 0.15) is 6.04 Å². The fourth-order valence-electron chi connectivity index (χ4n) is 2.43. The van der Waals surface area contributed by atoms with Crippen LogP contribution in [0.25, 0.3) is 0 Å². The molecule has 0 radical (unpaired) electrons. The second kappa shape index (κ2) is 3.87. The van der Waals surface area contributed by atoms with Gasteiger partial charge in [0.2, 0.25) is 0 Å². The second-order valence-corrected chi connectivity index (χ2v) is 4.26. The van der Waals surface area contributed by atoms with Gasteiger partial charge in [-0.1, -0.05) is 0 Å². The minimum atomic E-state index is -0.0639. The molecule has 80 valence electrons. The van der Waals surface area contributed by atoms with Crippen molar-refractivity contribution in [2.45, 2.75) is 44.3 Å². The Morgan fingerprint density at radius 2 is 2.29 bits per heavy atom. The summed E-state index contributed by atoms with van der Waals surface area (Å²) in [5.74, 6) is -0.0639. The maximum Gasteiger partial charge on any atom is 0.323 e. The number of esters is 1. The third-order valence-corrected chi connectivity index (χ3v) is 3.40. The average Bonchev–Trinajstić information content (AvgIpc) is 2.57. The monoisotopic (exact) mass is 198 g/mol. The molecular formula is C10H18N2O2. The lowest BCUT2D eigenvalue weighted by Gasteiger charge is -2.39. The van der Waals surface area contributed by atoms with E-state index < -0.39 is 0 Å². The van der Waals surface area contributed by atoms with Crippen LogP contribution in [0.3, 0.4) is 0 Å². The summed E-state index contributed by atoms with van der Waals surface area (Å²) in [5, 5.41) is 0. The van der Waals surface area contributed by atoms with Gasteiger partial charge in [-0.25, -0.2) is 0 Å². The molecule has 0 aromatic heterocycles. The molecule has 0 aromatic carbocycles. The fraction of sp³-hybridized carbons (Fsp3) is 0.900. The number of likely N-dealkylation sites (tertiary alicyclic amines) is 1. The van der Waals surface area contributed by atoms with Crippen molar-refractivity contribution in [2.24, 2.45) is 5.73 Å². The van der Waals surface area contributed by atoms with Crippen molar-refractivity contribution in [2.75, 3.05) is 13.2 Å². The van der Waals surface area contributed by atoms with E-state index in [2.05, 4.69) is 11.8 Å². The Hall–Kier alpha value is -0.610.